The summed E-state index contributed by atoms with van der Waals surface area (Å²) in [5.41, 5.74) is 10.0. The van der Waals surface area contributed by atoms with Crippen LogP contribution in [0.4, 0.5) is 19.2 Å². The van der Waals surface area contributed by atoms with E-state index in [4.69, 9.17) is 29.8 Å². The number of ether oxygens (including phenoxy) is 4. The third-order valence-corrected chi connectivity index (χ3v) is 17.2. The number of carbonyl (C=O) groups excluding carboxylic acids is 9. The summed E-state index contributed by atoms with van der Waals surface area (Å²) in [5.74, 6) is 0.0123. The van der Waals surface area contributed by atoms with Crippen LogP contribution in [0.1, 0.15) is 210 Å². The van der Waals surface area contributed by atoms with Gasteiger partial charge in [0, 0.05) is 87.8 Å². The largest absolute Gasteiger partial charge is 0.481 e. The Bertz CT molecular complexity index is 3340. The first-order chi connectivity index (χ1) is 48.1. The molecule has 0 aliphatic carbocycles. The van der Waals surface area contributed by atoms with Crippen LogP contribution in [-0.2, 0) is 38.1 Å². The van der Waals surface area contributed by atoms with Crippen molar-refractivity contribution in [1.29, 1.82) is 0 Å². The Morgan fingerprint density at radius 2 is 0.865 bits per heavy atom. The molecule has 4 aromatic rings. The number of likely N-dealkylation sites (tertiary alicyclic amines) is 4. The molecule has 1 aromatic heterocycles. The Kier molecular flexibility index (Phi) is 36.9. The number of benzene rings is 3. The normalized spacial score (nSPS) is 18.9. The molecule has 6 heterocycles. The van der Waals surface area contributed by atoms with Crippen LogP contribution in [0.5, 0.6) is 0 Å². The van der Waals surface area contributed by atoms with E-state index in [0.717, 1.165) is 99.2 Å². The first-order valence-electron chi connectivity index (χ1n) is 36.3. The number of amides is 5. The van der Waals surface area contributed by atoms with Crippen molar-refractivity contribution in [3.8, 4) is 11.3 Å². The maximum atomic E-state index is 12.4. The molecule has 0 spiro atoms. The molecule has 6 N–H and O–H groups in total. The Labute approximate surface area is 623 Å². The van der Waals surface area contributed by atoms with Gasteiger partial charge in [-0.3, -0.25) is 28.8 Å². The van der Waals surface area contributed by atoms with E-state index in [2.05, 4.69) is 51.8 Å². The molecule has 5 amide bonds. The number of Topliss-reactive ketones (excluding diaryl/α,β-unsaturated/α-hetero) is 4. The van der Waals surface area contributed by atoms with Crippen LogP contribution in [0.25, 0.3) is 11.3 Å². The molecular weight excluding hydrogens is 1350 g/mol. The number of carboxylic acid groups (broad SMARTS) is 1. The highest BCUT2D eigenvalue weighted by atomic mass is 35.5. The summed E-state index contributed by atoms with van der Waals surface area (Å²) in [7, 11) is 0. The summed E-state index contributed by atoms with van der Waals surface area (Å²) in [6.45, 7) is 37.7. The van der Waals surface area contributed by atoms with E-state index >= 15 is 0 Å². The average Bonchev–Trinajstić information content (AvgIpc) is 1.72. The molecule has 104 heavy (non-hydrogen) atoms. The summed E-state index contributed by atoms with van der Waals surface area (Å²) in [5, 5.41) is 14.8. The minimum atomic E-state index is -0.840. The summed E-state index contributed by atoms with van der Waals surface area (Å²) >= 11 is 0. The van der Waals surface area contributed by atoms with Gasteiger partial charge in [0.15, 0.2) is 11.6 Å². The Balaban J connectivity index is 0.000000335. The minimum absolute atomic E-state index is 0. The van der Waals surface area contributed by atoms with E-state index in [0.29, 0.717) is 74.9 Å². The fraction of sp³-hybridized carbons (Fsp3) is 0.608. The quantitative estimate of drug-likeness (QED) is 0.0688. The molecule has 0 saturated carbocycles. The van der Waals surface area contributed by atoms with Crippen LogP contribution < -0.4 is 16.4 Å². The molecule has 5 aliphatic heterocycles. The number of aromatic amines is 1. The van der Waals surface area contributed by atoms with Crippen molar-refractivity contribution in [2.45, 2.75) is 210 Å². The fourth-order valence-electron chi connectivity index (χ4n) is 11.5. The number of rotatable bonds is 11. The Morgan fingerprint density at radius 3 is 1.25 bits per heavy atom. The first kappa shape index (κ1) is 90.0. The molecule has 0 radical (unpaired) electrons. The lowest BCUT2D eigenvalue weighted by molar-refractivity contribution is -0.143. The lowest BCUT2D eigenvalue weighted by Gasteiger charge is -2.33. The minimum Gasteiger partial charge on any atom is -0.481 e. The fourth-order valence-corrected chi connectivity index (χ4v) is 11.5. The zero-order chi connectivity index (χ0) is 77.0. The molecule has 5 saturated heterocycles. The average molecular weight is 1470 g/mol. The van der Waals surface area contributed by atoms with E-state index < -0.39 is 46.5 Å². The van der Waals surface area contributed by atoms with Gasteiger partial charge in [0.05, 0.1) is 36.8 Å². The van der Waals surface area contributed by atoms with E-state index in [1.54, 1.807) is 73.6 Å². The van der Waals surface area contributed by atoms with Crippen LogP contribution in [0, 0.1) is 44.4 Å². The Hall–Kier alpha value is -8.22. The maximum absolute atomic E-state index is 12.4. The van der Waals surface area contributed by atoms with Crippen molar-refractivity contribution in [3.05, 3.63) is 113 Å². The van der Waals surface area contributed by atoms with Crippen molar-refractivity contribution in [1.82, 2.24) is 40.2 Å². The number of hydrogen-bond acceptors (Lipinski definition) is 17. The topological polar surface area (TPSA) is 320 Å². The third-order valence-electron chi connectivity index (χ3n) is 17.2. The van der Waals surface area contributed by atoms with Crippen molar-refractivity contribution in [2.75, 3.05) is 78.5 Å². The number of carboxylic acids is 1. The number of aliphatic carboxylic acids is 1. The van der Waals surface area contributed by atoms with Gasteiger partial charge >= 0.3 is 30.3 Å². The third kappa shape index (κ3) is 34.1. The van der Waals surface area contributed by atoms with Crippen LogP contribution in [0.2, 0.25) is 0 Å². The molecule has 5 unspecified atom stereocenters. The number of carbonyl (C=O) groups is 10. The summed E-state index contributed by atoms with van der Waals surface area (Å²) in [4.78, 5) is 131. The highest BCUT2D eigenvalue weighted by Crippen LogP contribution is 2.29. The van der Waals surface area contributed by atoms with Gasteiger partial charge in [0.1, 0.15) is 39.8 Å². The molecule has 0 bridgehead atoms. The van der Waals surface area contributed by atoms with Crippen LogP contribution >= 0.6 is 12.4 Å². The predicted octanol–water partition coefficient (Wildman–Crippen LogP) is 13.5. The van der Waals surface area contributed by atoms with E-state index in [-0.39, 0.29) is 85.2 Å². The van der Waals surface area contributed by atoms with Crippen LogP contribution in [0.3, 0.4) is 0 Å². The number of hydrogen-bond donors (Lipinski definition) is 5. The van der Waals surface area contributed by atoms with Crippen molar-refractivity contribution < 1.29 is 72.0 Å². The van der Waals surface area contributed by atoms with Gasteiger partial charge in [-0.05, 0) is 194 Å². The number of nitrogens with zero attached hydrogens (tertiary/aromatic N) is 5. The first-order valence-corrected chi connectivity index (χ1v) is 36.3. The molecule has 9 rings (SSSR count). The van der Waals surface area contributed by atoms with E-state index in [1.165, 1.54) is 10.5 Å². The molecule has 24 nitrogen and oxygen atoms in total. The number of halogens is 1. The van der Waals surface area contributed by atoms with E-state index in [9.17, 15) is 47.9 Å². The van der Waals surface area contributed by atoms with Gasteiger partial charge in [-0.15, -0.1) is 12.4 Å². The molecule has 25 heteroatoms. The molecule has 5 atom stereocenters. The van der Waals surface area contributed by atoms with Gasteiger partial charge in [-0.25, -0.2) is 24.2 Å². The van der Waals surface area contributed by atoms with Crippen LogP contribution in [-0.4, -0.2) is 195 Å². The number of nitrogens with one attached hydrogen (secondary N) is 3. The number of piperidine rings is 5. The lowest BCUT2D eigenvalue weighted by Crippen LogP contribution is -2.47. The number of nitrogens with two attached hydrogens (primary N) is 1. The number of imidazole rings is 1. The molecule has 5 aliphatic rings. The molecule has 3 aromatic carbocycles. The highest BCUT2D eigenvalue weighted by Gasteiger charge is 2.35. The SMILES string of the molecule is CC(=O)C1CCCN(C(=O)OC(C)(C)C)C1.CC(=O)C1CCCNC1.CC(C)(C)OC(=O)N1CCCC(C(=O)O)C1.Cc1ccc(-c2cnc(C3CCCN(C(=O)OC(C)(C)C)C3)[nH]2)cc1.Cc1ccc(C(=O)CN)cc1.Cc1ccc(C(=O)CNC(=O)C2CCCN(C(=O)OC(C)(C)C)C2)cc1.Cl. The van der Waals surface area contributed by atoms with Gasteiger partial charge in [-0.2, -0.15) is 0 Å². The number of ketones is 4. The molecule has 578 valence electrons. The smallest absolute Gasteiger partial charge is 0.410 e. The summed E-state index contributed by atoms with van der Waals surface area (Å²) in [6.07, 6.45) is 9.31. The van der Waals surface area contributed by atoms with Crippen LogP contribution in [0.15, 0.2) is 79.0 Å². The second-order valence-electron chi connectivity index (χ2n) is 31.2. The predicted molar refractivity (Wildman–Crippen MR) is 405 cm³/mol. The second-order valence-corrected chi connectivity index (χ2v) is 31.2. The number of aromatic nitrogens is 2. The van der Waals surface area contributed by atoms with Gasteiger partial charge in [0.2, 0.25) is 5.91 Å². The van der Waals surface area contributed by atoms with Crippen molar-refractivity contribution in [2.24, 2.45) is 29.4 Å². The standard InChI is InChI=1S/C20H27N3O2.C20H28N2O4.C12H21NO3.C11H19NO4.C9H11NO.C7H13NO.ClH/c1-14-7-9-15(10-8-14)17-12-21-18(22-17)16-6-5-11-23(13-16)19(24)25-20(2,3)4;1-14-7-9-15(10-8-14)17(23)12-21-18(24)16-6-5-11-22(13-16)19(25)26-20(2,3)4;1-9(14)10-6-5-7-13(8-10)11(15)16-12(2,3)4;1-11(2,3)16-10(15)12-6-4-5-8(7-12)9(13)14;1-7-2-4-8(5-3-7)9(11)6-10;1-6(9)7-3-2-4-8-5-7;/h7-10,12,16H,5-6,11,13H2,1-4H3,(H,21,22);7-10,16H,5-6,11-13H2,1-4H3,(H,21,24);10H,5-8H2,1-4H3;8H,4-7H2,1-3H3,(H,13,14);2-5H,6,10H2,1H3;7-8H,2-5H2,1H3;1H. The Morgan fingerprint density at radius 1 is 0.500 bits per heavy atom. The van der Waals surface area contributed by atoms with Gasteiger partial charge < -0.3 is 65.0 Å². The monoisotopic (exact) mass is 1470 g/mol. The van der Waals surface area contributed by atoms with E-state index in [1.807, 2.05) is 107 Å². The van der Waals surface area contributed by atoms with Gasteiger partial charge in [0.25, 0.3) is 0 Å². The number of aryl methyl sites for hydroxylation is 3. The lowest BCUT2D eigenvalue weighted by atomic mass is 9.95. The number of H-pyrrole nitrogens is 1. The zero-order valence-electron chi connectivity index (χ0n) is 64.8. The summed E-state index contributed by atoms with van der Waals surface area (Å²) in [6, 6.07) is 23.1. The zero-order valence-corrected chi connectivity index (χ0v) is 65.6. The van der Waals surface area contributed by atoms with Crippen molar-refractivity contribution in [3.63, 3.8) is 0 Å². The second kappa shape index (κ2) is 42.7. The maximum Gasteiger partial charge on any atom is 0.410 e. The van der Waals surface area contributed by atoms with Gasteiger partial charge in [-0.1, -0.05) is 89.5 Å². The summed E-state index contributed by atoms with van der Waals surface area (Å²) < 4.78 is 21.4. The van der Waals surface area contributed by atoms with Crippen molar-refractivity contribution >= 4 is 71.8 Å². The molecular formula is C79H120ClN9O15. The molecule has 5 fully saturated rings. The highest BCUT2D eigenvalue weighted by molar-refractivity contribution is 5.99.